The predicted molar refractivity (Wildman–Crippen MR) is 256 cm³/mol. The van der Waals surface area contributed by atoms with Crippen LogP contribution in [0, 0.1) is 23.7 Å². The van der Waals surface area contributed by atoms with E-state index < -0.39 is 53.8 Å². The van der Waals surface area contributed by atoms with Crippen molar-refractivity contribution in [3.8, 4) is 5.75 Å². The van der Waals surface area contributed by atoms with Gasteiger partial charge in [0.15, 0.2) is 17.7 Å². The van der Waals surface area contributed by atoms with Crippen LogP contribution in [0.15, 0.2) is 34.6 Å². The number of phenols is 1. The lowest BCUT2D eigenvalue weighted by Gasteiger charge is -2.37. The Labute approximate surface area is 401 Å². The Bertz CT molecular complexity index is 1990. The summed E-state index contributed by atoms with van der Waals surface area (Å²) >= 11 is 4.18. The van der Waals surface area contributed by atoms with Crippen molar-refractivity contribution in [2.24, 2.45) is 23.7 Å². The minimum Gasteiger partial charge on any atom is -0.506 e. The van der Waals surface area contributed by atoms with Gasteiger partial charge in [0.1, 0.15) is 16.5 Å². The fourth-order valence-corrected chi connectivity index (χ4v) is 9.30. The average molecular weight is 1010 g/mol. The van der Waals surface area contributed by atoms with Crippen LogP contribution in [0.1, 0.15) is 133 Å². The number of likely N-dealkylation sites (N-methyl/N-ethyl adjacent to an activating group) is 1. The minimum absolute atomic E-state index is 0.00595. The third kappa shape index (κ3) is 17.9. The normalized spacial score (nSPS) is 17.0. The van der Waals surface area contributed by atoms with E-state index in [9.17, 15) is 43.8 Å². The number of esters is 1. The third-order valence-electron chi connectivity index (χ3n) is 12.3. The number of carbonyl (C=O) groups excluding carboxylic acids is 6. The maximum Gasteiger partial charge on any atom is 0.306 e. The highest BCUT2D eigenvalue weighted by molar-refractivity contribution is 9.11. The van der Waals surface area contributed by atoms with Crippen LogP contribution < -0.4 is 10.6 Å². The Morgan fingerprint density at radius 3 is 2.42 bits per heavy atom. The molecule has 0 radical (unpaired) electrons. The van der Waals surface area contributed by atoms with E-state index in [2.05, 4.69) is 36.4 Å². The van der Waals surface area contributed by atoms with E-state index in [1.165, 1.54) is 36.4 Å². The molecule has 18 heteroatoms. The highest BCUT2D eigenvalue weighted by atomic mass is 79.9. The number of phenolic OH excluding ortho intramolecular Hbond substituents is 1. The number of hydrogen-bond acceptors (Lipinski definition) is 13. The van der Waals surface area contributed by atoms with Crippen LogP contribution in [0.4, 0.5) is 5.69 Å². The summed E-state index contributed by atoms with van der Waals surface area (Å²) in [6.07, 6.45) is 5.35. The second kappa shape index (κ2) is 28.0. The number of carbonyl (C=O) groups is 7. The second-order valence-electron chi connectivity index (χ2n) is 17.8. The number of aromatic hydroxyl groups is 1. The number of nitrogens with zero attached hydrogens (tertiary/aromatic N) is 3. The summed E-state index contributed by atoms with van der Waals surface area (Å²) in [6, 6.07) is 3.22. The molecule has 1 aromatic heterocycles. The van der Waals surface area contributed by atoms with Crippen molar-refractivity contribution in [2.45, 2.75) is 136 Å². The number of aromatic nitrogens is 1. The average Bonchev–Trinajstić information content (AvgIpc) is 3.76. The SMILES string of the molecule is CC[C@H](C)[C@H](CC(=O)[C@H]1CCCCN1C)C(=O)N(C)[C@H](C[C@@H](OC(C)=O)c1nc(C(=O)N[C@@H](Cc2ccc(O)c(NC(=O)CCOCCCC(=O)/C=C/Br)c2)CC(C)C(=O)O)cs1)C(C)C. The molecular weight excluding hydrogens is 935 g/mol. The lowest BCUT2D eigenvalue weighted by molar-refractivity contribution is -0.149. The molecule has 1 unspecified atom stereocenters. The van der Waals surface area contributed by atoms with E-state index in [1.54, 1.807) is 24.1 Å². The molecule has 0 bridgehead atoms. The number of rotatable bonds is 28. The summed E-state index contributed by atoms with van der Waals surface area (Å²) in [4.78, 5) is 100. The smallest absolute Gasteiger partial charge is 0.306 e. The van der Waals surface area contributed by atoms with E-state index in [4.69, 9.17) is 9.47 Å². The number of halogens is 1. The van der Waals surface area contributed by atoms with Gasteiger partial charge in [0, 0.05) is 63.2 Å². The molecule has 2 heterocycles. The van der Waals surface area contributed by atoms with Gasteiger partial charge in [-0.25, -0.2) is 4.98 Å². The number of thiazole rings is 1. The number of carboxylic acid groups (broad SMARTS) is 1. The standard InChI is InChI=1S/C48H70BrN5O11S/c1-9-30(4)36(26-42(58)39-14-10-11-20-53(39)7)47(61)54(8)40(29(2)3)27-43(65-32(6)55)46-52-38(28-66-46)45(60)50-34(23-31(5)48(62)63)24-33-15-16-41(57)37(25-33)51-44(59)18-22-64-21-12-13-35(56)17-19-49/h15-17,19,25,28-31,34,36,39-40,43,57H,9-14,18,20-24,26-27H2,1-8H3,(H,50,60)(H,51,59)(H,62,63)/b19-17+/t30-,31?,34+,36-,39+,40+,43+/m0/s1. The van der Waals surface area contributed by atoms with Gasteiger partial charge in [-0.3, -0.25) is 38.5 Å². The number of ether oxygens (including phenoxy) is 2. The number of carboxylic acids is 1. The van der Waals surface area contributed by atoms with E-state index in [1.807, 2.05) is 34.7 Å². The molecule has 1 aliphatic heterocycles. The molecule has 16 nitrogen and oxygen atoms in total. The van der Waals surface area contributed by atoms with Crippen LogP contribution in [-0.2, 0) is 44.7 Å². The Hall–Kier alpha value is -4.52. The molecule has 7 atom stereocenters. The van der Waals surface area contributed by atoms with Gasteiger partial charge in [0.25, 0.3) is 5.91 Å². The summed E-state index contributed by atoms with van der Waals surface area (Å²) in [6.45, 7) is 12.0. The number of nitrogens with one attached hydrogen (secondary N) is 2. The van der Waals surface area contributed by atoms with Crippen LogP contribution in [0.5, 0.6) is 5.75 Å². The first-order valence-corrected chi connectivity index (χ1v) is 24.7. The Morgan fingerprint density at radius 2 is 1.79 bits per heavy atom. The van der Waals surface area contributed by atoms with Crippen molar-refractivity contribution in [1.29, 1.82) is 0 Å². The quantitative estimate of drug-likeness (QED) is 0.0281. The largest absolute Gasteiger partial charge is 0.506 e. The number of piperidine rings is 1. The number of allylic oxidation sites excluding steroid dienone is 1. The van der Waals surface area contributed by atoms with Crippen molar-refractivity contribution in [1.82, 2.24) is 20.1 Å². The summed E-state index contributed by atoms with van der Waals surface area (Å²) in [5.41, 5.74) is 0.750. The van der Waals surface area contributed by atoms with Crippen molar-refractivity contribution >= 4 is 74.2 Å². The first kappa shape index (κ1) is 55.8. The third-order valence-corrected chi connectivity index (χ3v) is 13.5. The van der Waals surface area contributed by atoms with Crippen LogP contribution in [0.2, 0.25) is 0 Å². The molecule has 0 aliphatic carbocycles. The molecule has 3 rings (SSSR count). The number of likely N-dealkylation sites (tertiary alicyclic amines) is 1. The maximum atomic E-state index is 14.4. The molecule has 1 aromatic carbocycles. The minimum atomic E-state index is -1.06. The molecular formula is C48H70BrN5O11S. The van der Waals surface area contributed by atoms with Crippen molar-refractivity contribution in [3.63, 3.8) is 0 Å². The van der Waals surface area contributed by atoms with Crippen LogP contribution in [0.25, 0.3) is 0 Å². The van der Waals surface area contributed by atoms with Gasteiger partial charge < -0.3 is 35.2 Å². The van der Waals surface area contributed by atoms with E-state index in [0.29, 0.717) is 30.0 Å². The van der Waals surface area contributed by atoms with Crippen LogP contribution in [-0.4, -0.2) is 118 Å². The molecule has 4 N–H and O–H groups in total. The van der Waals surface area contributed by atoms with Gasteiger partial charge in [0.05, 0.1) is 30.7 Å². The highest BCUT2D eigenvalue weighted by Gasteiger charge is 2.38. The summed E-state index contributed by atoms with van der Waals surface area (Å²) in [5.74, 6) is -4.43. The zero-order valence-corrected chi connectivity index (χ0v) is 42.1. The number of benzene rings is 1. The first-order chi connectivity index (χ1) is 31.2. The number of anilines is 1. The predicted octanol–water partition coefficient (Wildman–Crippen LogP) is 7.49. The lowest BCUT2D eigenvalue weighted by atomic mass is 9.83. The molecule has 1 aliphatic rings. The number of aliphatic carboxylic acids is 1. The van der Waals surface area contributed by atoms with Gasteiger partial charge in [0.2, 0.25) is 11.8 Å². The molecule has 3 amide bonds. The van der Waals surface area contributed by atoms with Gasteiger partial charge >= 0.3 is 11.9 Å². The van der Waals surface area contributed by atoms with E-state index in [0.717, 1.165) is 43.6 Å². The van der Waals surface area contributed by atoms with Crippen LogP contribution in [0.3, 0.4) is 0 Å². The Balaban J connectivity index is 1.76. The van der Waals surface area contributed by atoms with Crippen LogP contribution >= 0.6 is 27.3 Å². The van der Waals surface area contributed by atoms with Gasteiger partial charge in [-0.1, -0.05) is 69.5 Å². The lowest BCUT2D eigenvalue weighted by Crippen LogP contribution is -2.48. The number of Topliss-reactive ketones (excluding diaryl/α,β-unsaturated/α-hetero) is 1. The van der Waals surface area contributed by atoms with Gasteiger partial charge in [-0.2, -0.15) is 0 Å². The summed E-state index contributed by atoms with van der Waals surface area (Å²) in [7, 11) is 3.69. The number of hydrogen-bond donors (Lipinski definition) is 4. The highest BCUT2D eigenvalue weighted by Crippen LogP contribution is 2.33. The fourth-order valence-electron chi connectivity index (χ4n) is 8.17. The molecule has 1 saturated heterocycles. The van der Waals surface area contributed by atoms with Gasteiger partial charge in [-0.15, -0.1) is 11.3 Å². The Morgan fingerprint density at radius 1 is 1.06 bits per heavy atom. The monoisotopic (exact) mass is 1000 g/mol. The zero-order chi connectivity index (χ0) is 49.1. The molecule has 0 saturated carbocycles. The first-order valence-electron chi connectivity index (χ1n) is 22.9. The summed E-state index contributed by atoms with van der Waals surface area (Å²) in [5, 5.41) is 27.8. The molecule has 66 heavy (non-hydrogen) atoms. The van der Waals surface area contributed by atoms with Crippen molar-refractivity contribution < 1.29 is 53.2 Å². The maximum absolute atomic E-state index is 14.4. The summed E-state index contributed by atoms with van der Waals surface area (Å²) < 4.78 is 11.3. The van der Waals surface area contributed by atoms with Gasteiger partial charge in [-0.05, 0) is 86.3 Å². The molecule has 0 spiro atoms. The molecule has 2 aromatic rings. The van der Waals surface area contributed by atoms with Crippen molar-refractivity contribution in [2.75, 3.05) is 39.2 Å². The number of ketones is 2. The van der Waals surface area contributed by atoms with Crippen molar-refractivity contribution in [3.05, 3.63) is 50.9 Å². The topological polar surface area (TPSA) is 222 Å². The zero-order valence-electron chi connectivity index (χ0n) is 39.7. The number of amides is 3. The second-order valence-corrected chi connectivity index (χ2v) is 19.2. The van der Waals surface area contributed by atoms with E-state index >= 15 is 0 Å². The molecule has 366 valence electrons. The fraction of sp³-hybridized carbons (Fsp3) is 0.625. The molecule has 1 fully saturated rings. The Kier molecular flexibility index (Phi) is 23.6. The van der Waals surface area contributed by atoms with E-state index in [-0.39, 0.29) is 91.2 Å².